The summed E-state index contributed by atoms with van der Waals surface area (Å²) in [5.41, 5.74) is 2.76. The minimum Gasteiger partial charge on any atom is -0.387 e. The van der Waals surface area contributed by atoms with Gasteiger partial charge in [0.2, 0.25) is 5.95 Å². The van der Waals surface area contributed by atoms with E-state index in [4.69, 9.17) is 156 Å². The number of thiol groups is 1. The highest BCUT2D eigenvalue weighted by molar-refractivity contribution is 8.44. The number of aliphatic hydroxyl groups excluding tert-OH is 1. The molecule has 11 unspecified atom stereocenters. The number of aromatic nitrogens is 14. The van der Waals surface area contributed by atoms with Gasteiger partial charge in [-0.3, -0.25) is 108 Å². The Hall–Kier alpha value is -7.35. The van der Waals surface area contributed by atoms with Crippen molar-refractivity contribution in [1.82, 2.24) is 67.3 Å². The monoisotopic (exact) mass is 2200 g/mol. The Balaban J connectivity index is 0.800. The Morgan fingerprint density at radius 2 is 0.757 bits per heavy atom. The van der Waals surface area contributed by atoms with Crippen LogP contribution in [0.1, 0.15) is 85.0 Å². The lowest BCUT2D eigenvalue weighted by Gasteiger charge is -2.30. The zero-order valence-electron chi connectivity index (χ0n) is 78.6. The predicted octanol–water partition coefficient (Wildman–Crippen LogP) is -2.33. The van der Waals surface area contributed by atoms with Crippen molar-refractivity contribution in [3.8, 4) is 0 Å². The van der Waals surface area contributed by atoms with Crippen LogP contribution in [-0.2, 0) is 158 Å². The average Bonchev–Trinajstić information content (AvgIpc) is 1.58. The van der Waals surface area contributed by atoms with E-state index in [9.17, 15) is 72.6 Å². The number of methoxy groups -OCH3 is 5. The molecule has 60 nitrogen and oxygen atoms in total. The van der Waals surface area contributed by atoms with Crippen molar-refractivity contribution >= 4 is 94.7 Å². The number of aromatic amines is 5. The van der Waals surface area contributed by atoms with Crippen molar-refractivity contribution in [1.29, 1.82) is 0 Å². The molecule has 0 spiro atoms. The van der Waals surface area contributed by atoms with Gasteiger partial charge in [0, 0.05) is 101 Å². The molecule has 7 aromatic heterocycles. The molecule has 6 fully saturated rings. The lowest BCUT2D eigenvalue weighted by molar-refractivity contribution is -0.0850. The van der Waals surface area contributed by atoms with Gasteiger partial charge in [-0.25, -0.2) is 42.7 Å². The molecule has 13 rings (SSSR count). The molecule has 0 bridgehead atoms. The predicted molar refractivity (Wildman–Crippen MR) is 500 cm³/mol. The number of nitrogen functional groups attached to an aromatic ring is 2. The zero-order chi connectivity index (χ0) is 105. The third-order valence-corrected chi connectivity index (χ3v) is 29.9. The number of ether oxygens (including phenoxy) is 16. The standard InChI is InChI=1S/C76H111N16O44P5S3/c1-12-40-41(23-47(126-40)87-25-36(3)61(94)83-73(87)100)132-139(108,142)124-32-45-51(56(118-20-15-113-9)70(131-45)92-34-79-48-60(92)81-71(78)82-65(48)98)134-137(104,105)121-30-43-50(55(117-19-14-112-8)67(128-43)88-24-35(2)59(77)80-72(88)99)133-138(106,107)122-31-44-52(57(119-21-16-114-10)68(129-44)90-27-38(5)63(96)85-75(90)102)135-141(110,144)125-33-46-53(58(120-22-17-115-11)69(130-46)91-28-39(6)64(97)86-76(91)103)136-140(109,143)123-29-42-49(93)54(116-18-13-111-7)66(127-42)89-26-37(4)62(95)84-74(89)101/h24-28,34,40-47,49-58,66-70,93H,12-23,29-33H2,1-11H3,(H,104,105)(H,106,107)(H,108,142)(H,109,143)(H,110,144)(H2,77,80,99)(H,83,94,100)(H,84,95,101)(H,85,96,102)(H,86,97,103)(H3,78,81,82,98)/t40-,41?,42-,43-,44-,45-,46-,47-,49?,50?,51?,52?,53?,54+,55+,56+,57+,58+,66-,67-,68-,69-,70-,139?,140?,141?/m1/s1. The molecule has 14 N–H and O–H groups in total. The third kappa shape index (κ3) is 27.5. The van der Waals surface area contributed by atoms with Crippen molar-refractivity contribution in [2.24, 2.45) is 0 Å². The van der Waals surface area contributed by atoms with Gasteiger partial charge in [-0.15, -0.1) is 0 Å². The number of hydrogen-bond acceptors (Lipinski definition) is 47. The molecular formula is C76H111N16O44P5S3. The first-order valence-corrected chi connectivity index (χ1v) is 54.9. The van der Waals surface area contributed by atoms with Gasteiger partial charge in [0.05, 0.1) is 118 Å². The van der Waals surface area contributed by atoms with E-state index in [-0.39, 0.29) is 110 Å². The molecule has 0 radical (unpaired) electrons. The highest BCUT2D eigenvalue weighted by atomic mass is 32.7. The normalized spacial score (nSPS) is 29.2. The van der Waals surface area contributed by atoms with Crippen LogP contribution >= 0.6 is 48.1 Å². The fraction of sp³-hybridized carbons (Fsp3) is 0.671. The maximum absolute atomic E-state index is 15.5. The highest BCUT2D eigenvalue weighted by Crippen LogP contribution is 2.60. The molecule has 0 amide bonds. The van der Waals surface area contributed by atoms with E-state index in [0.29, 0.717) is 0 Å². The van der Waals surface area contributed by atoms with E-state index in [0.717, 1.165) is 58.5 Å². The number of hydrogen-bond donors (Lipinski definition) is 13. The molecule has 6 aliphatic heterocycles. The van der Waals surface area contributed by atoms with Crippen molar-refractivity contribution in [2.75, 3.05) is 146 Å². The van der Waals surface area contributed by atoms with Crippen molar-refractivity contribution in [2.45, 2.75) is 196 Å². The van der Waals surface area contributed by atoms with Gasteiger partial charge in [-0.2, -0.15) is 9.97 Å². The zero-order valence-corrected chi connectivity index (χ0v) is 85.6. The van der Waals surface area contributed by atoms with Crippen LogP contribution in [0.15, 0.2) is 85.3 Å². The molecule has 13 heterocycles. The second-order valence-corrected chi connectivity index (χ2v) is 44.4. The Morgan fingerprint density at radius 3 is 1.19 bits per heavy atom. The molecule has 0 aliphatic carbocycles. The van der Waals surface area contributed by atoms with E-state index in [1.165, 1.54) is 76.4 Å². The Labute approximate surface area is 828 Å². The number of H-pyrrole nitrogens is 5. The smallest absolute Gasteiger partial charge is 0.387 e. The second kappa shape index (κ2) is 49.2. The lowest BCUT2D eigenvalue weighted by atomic mass is 10.1. The van der Waals surface area contributed by atoms with Crippen LogP contribution in [0.5, 0.6) is 0 Å². The van der Waals surface area contributed by atoms with Crippen molar-refractivity contribution < 1.29 is 159 Å². The Kier molecular flexibility index (Phi) is 38.9. The summed E-state index contributed by atoms with van der Waals surface area (Å²) in [6.07, 6.45) is -31.8. The summed E-state index contributed by atoms with van der Waals surface area (Å²) < 4.78 is 207. The molecule has 0 aromatic carbocycles. The average molecular weight is 2200 g/mol. The maximum atomic E-state index is 15.5. The van der Waals surface area contributed by atoms with Crippen LogP contribution < -0.4 is 67.7 Å². The molecular weight excluding hydrogens is 2090 g/mol. The Bertz CT molecular complexity index is 6570. The van der Waals surface area contributed by atoms with Gasteiger partial charge in [0.25, 0.3) is 27.8 Å². The first-order chi connectivity index (χ1) is 68.2. The van der Waals surface area contributed by atoms with Gasteiger partial charge in [0.1, 0.15) is 104 Å². The largest absolute Gasteiger partial charge is 0.472 e. The number of nitrogens with zero attached hydrogens (tertiary/aromatic N) is 9. The molecule has 144 heavy (non-hydrogen) atoms. The number of phosphoric ester groups is 2. The van der Waals surface area contributed by atoms with Crippen LogP contribution in [0, 0.1) is 34.6 Å². The number of nitrogens with one attached hydrogen (secondary N) is 5. The topological polar surface area (TPSA) is 762 Å². The van der Waals surface area contributed by atoms with E-state index >= 15 is 13.7 Å². The Morgan fingerprint density at radius 1 is 0.410 bits per heavy atom. The van der Waals surface area contributed by atoms with E-state index in [1.807, 2.05) is 0 Å². The number of aliphatic hydroxyl groups is 1. The van der Waals surface area contributed by atoms with Gasteiger partial charge in [-0.1, -0.05) is 19.2 Å². The fourth-order valence-electron chi connectivity index (χ4n) is 16.2. The minimum atomic E-state index is -5.99. The van der Waals surface area contributed by atoms with Crippen LogP contribution in [0.3, 0.4) is 0 Å². The summed E-state index contributed by atoms with van der Waals surface area (Å²) >= 11 is 15.6. The van der Waals surface area contributed by atoms with Crippen LogP contribution in [0.4, 0.5) is 11.8 Å². The quantitative estimate of drug-likeness (QED) is 0.0108. The minimum absolute atomic E-state index is 0.00173. The van der Waals surface area contributed by atoms with Crippen LogP contribution in [0.2, 0.25) is 0 Å². The third-order valence-electron chi connectivity index (χ3n) is 23.2. The number of imidazole rings is 1. The van der Waals surface area contributed by atoms with Crippen molar-refractivity contribution in [3.05, 3.63) is 169 Å². The van der Waals surface area contributed by atoms with E-state index < -0.39 is 285 Å². The summed E-state index contributed by atoms with van der Waals surface area (Å²) in [6.45, 7) is -14.0. The SMILES string of the molecule is CC[C@H]1O[C@@H](n2cc(C)c(=O)[nH]c2=O)CC1OP(O)(=S)OC[C@H]1O[C@@H](n2cnc3c(=O)[nH]c(N)nc32)[C@@H](OCCOC)C1OP(=O)(O)OC[C@H]1O[C@@H](n2cc(C)c(N)nc2=O)[C@@H](OCCOC)C1OP(=O)(O)OC[C@H]1O[C@@H](n2cc(C)c(=O)[nH]c2=O)[C@@H](OCCOC)C1OP(=O)(S)OC[C@H]1O[C@@H](n2cc(C)c(=O)[nH]c2=O)[C@@H](OCCOC)C1OP(O)(=S)OC[C@H]1O[C@@H](n2cc(C)c(=O)[nH]c2=O)[C@@H](OCCOC)C1O. The van der Waals surface area contributed by atoms with Crippen LogP contribution in [0.25, 0.3) is 11.2 Å². The van der Waals surface area contributed by atoms with Gasteiger partial charge >= 0.3 is 64.3 Å². The van der Waals surface area contributed by atoms with Gasteiger partial charge in [0.15, 0.2) is 42.3 Å². The number of aryl methyl sites for hydroxylation is 5. The molecule has 68 heteroatoms. The second-order valence-electron chi connectivity index (χ2n) is 33.2. The van der Waals surface area contributed by atoms with Crippen LogP contribution in [-0.4, -0.2) is 330 Å². The number of fused-ring (bicyclic) bond motifs is 1. The summed E-state index contributed by atoms with van der Waals surface area (Å²) in [6, 6.07) is 0. The number of rotatable bonds is 52. The molecule has 7 aromatic rings. The lowest BCUT2D eigenvalue weighted by Crippen LogP contribution is -2.42. The number of anilines is 2. The molecule has 28 atom stereocenters. The molecule has 802 valence electrons. The molecule has 0 saturated carbocycles. The van der Waals surface area contributed by atoms with E-state index in [2.05, 4.69) is 52.1 Å². The summed E-state index contributed by atoms with van der Waals surface area (Å²) in [5, 5.41) is 11.8. The van der Waals surface area contributed by atoms with Gasteiger partial charge in [-0.05, 0) is 64.7 Å². The van der Waals surface area contributed by atoms with Gasteiger partial charge < -0.3 is 126 Å². The van der Waals surface area contributed by atoms with E-state index in [1.54, 1.807) is 6.92 Å². The summed E-state index contributed by atoms with van der Waals surface area (Å²) in [7, 11) is -5.31. The fourth-order valence-corrected chi connectivity index (χ4v) is 22.5. The molecule has 6 aliphatic rings. The number of phosphoric acid groups is 2. The first kappa shape index (κ1) is 114. The first-order valence-electron chi connectivity index (χ1n) is 44.0. The van der Waals surface area contributed by atoms with Crippen molar-refractivity contribution in [3.63, 3.8) is 0 Å². The highest BCUT2D eigenvalue weighted by Gasteiger charge is 2.59. The number of nitrogens with two attached hydrogens (primary N) is 2. The summed E-state index contributed by atoms with van der Waals surface area (Å²) in [5.74, 6) is -0.666. The summed E-state index contributed by atoms with van der Waals surface area (Å²) in [4.78, 5) is 204. The molecule has 6 saturated heterocycles. The maximum Gasteiger partial charge on any atom is 0.472 e.